The molecule has 2 amide bonds. The number of amidine groups is 1. The average molecular weight is 683 g/mol. The van der Waals surface area contributed by atoms with Crippen molar-refractivity contribution in [2.45, 2.75) is 39.1 Å². The summed E-state index contributed by atoms with van der Waals surface area (Å²) >= 11 is 3.28. The summed E-state index contributed by atoms with van der Waals surface area (Å²) in [5.74, 6) is -2.89. The minimum atomic E-state index is -5.08. The fraction of sp³-hybridized carbons (Fsp3) is 0.250. The molecular weight excluding hydrogens is 653 g/mol. The van der Waals surface area contributed by atoms with E-state index in [4.69, 9.17) is 30.5 Å². The van der Waals surface area contributed by atoms with Gasteiger partial charge in [-0.1, -0.05) is 6.07 Å². The molecule has 16 heteroatoms. The second kappa shape index (κ2) is 16.1. The lowest BCUT2D eigenvalue weighted by Gasteiger charge is -2.22. The number of alkyl halides is 3. The van der Waals surface area contributed by atoms with Crippen LogP contribution in [0.25, 0.3) is 0 Å². The van der Waals surface area contributed by atoms with Crippen LogP contribution < -0.4 is 31.4 Å². The Labute approximate surface area is 258 Å². The summed E-state index contributed by atoms with van der Waals surface area (Å²) in [5.41, 5.74) is 12.3. The van der Waals surface area contributed by atoms with E-state index >= 15 is 0 Å². The number of benzene rings is 2. The molecule has 0 saturated heterocycles. The van der Waals surface area contributed by atoms with Gasteiger partial charge in [0.1, 0.15) is 17.6 Å². The molecule has 0 aliphatic carbocycles. The van der Waals surface area contributed by atoms with E-state index in [-0.39, 0.29) is 17.6 Å². The van der Waals surface area contributed by atoms with E-state index in [2.05, 4.69) is 37.1 Å². The molecule has 236 valence electrons. The van der Waals surface area contributed by atoms with E-state index in [1.807, 2.05) is 20.8 Å². The lowest BCUT2D eigenvalue weighted by atomic mass is 10.0. The van der Waals surface area contributed by atoms with Gasteiger partial charge in [-0.25, -0.2) is 9.78 Å². The summed E-state index contributed by atoms with van der Waals surface area (Å²) in [4.78, 5) is 38.8. The largest absolute Gasteiger partial charge is 0.490 e. The predicted octanol–water partition coefficient (Wildman–Crippen LogP) is 4.56. The Bertz CT molecular complexity index is 1470. The van der Waals surface area contributed by atoms with Gasteiger partial charge in [0.05, 0.1) is 12.7 Å². The fourth-order valence-corrected chi connectivity index (χ4v) is 3.77. The standard InChI is InChI=1S/C26H29BrN6O4.C2HF3O2/c1-4-36-21-14-17(9-12-20(21)37-15(2)3)22(31-18-10-7-16(8-11-18)24(28)29)25(34)32-33-26(35)23-19(27)6-5-13-30-23;3-2(4,5)1(6)7/h5-15,22,31H,4H2,1-3H3,(H3,28,29)(H,32,34)(H,33,35);(H,6,7). The second-order valence-corrected chi connectivity index (χ2v) is 9.81. The maximum Gasteiger partial charge on any atom is 0.490 e. The third-order valence-corrected chi connectivity index (χ3v) is 5.89. The summed E-state index contributed by atoms with van der Waals surface area (Å²) in [7, 11) is 0. The fourth-order valence-electron chi connectivity index (χ4n) is 3.34. The molecule has 3 aromatic rings. The minimum Gasteiger partial charge on any atom is -0.490 e. The number of hydrogen-bond acceptors (Lipinski definition) is 8. The quantitative estimate of drug-likeness (QED) is 0.101. The molecule has 0 fully saturated rings. The molecule has 0 aliphatic rings. The van der Waals surface area contributed by atoms with Gasteiger partial charge >= 0.3 is 12.1 Å². The van der Waals surface area contributed by atoms with Crippen molar-refractivity contribution in [2.24, 2.45) is 5.73 Å². The zero-order valence-corrected chi connectivity index (χ0v) is 25.2. The number of nitrogens with one attached hydrogen (secondary N) is 4. The minimum absolute atomic E-state index is 0.0636. The maximum absolute atomic E-state index is 13.3. The van der Waals surface area contributed by atoms with E-state index < -0.39 is 30.0 Å². The maximum atomic E-state index is 13.3. The molecule has 3 rings (SSSR count). The monoisotopic (exact) mass is 682 g/mol. The number of ether oxygens (including phenoxy) is 2. The summed E-state index contributed by atoms with van der Waals surface area (Å²) < 4.78 is 43.8. The van der Waals surface area contributed by atoms with Crippen LogP contribution in [0.15, 0.2) is 65.3 Å². The van der Waals surface area contributed by atoms with Crippen molar-refractivity contribution in [3.05, 3.63) is 82.1 Å². The van der Waals surface area contributed by atoms with Crippen molar-refractivity contribution in [2.75, 3.05) is 11.9 Å². The Balaban J connectivity index is 0.000000860. The number of pyridine rings is 1. The molecular formula is C28H30BrF3N6O6. The van der Waals surface area contributed by atoms with E-state index in [9.17, 15) is 22.8 Å². The van der Waals surface area contributed by atoms with E-state index in [1.54, 1.807) is 54.6 Å². The highest BCUT2D eigenvalue weighted by atomic mass is 79.9. The number of amides is 2. The van der Waals surface area contributed by atoms with Crippen LogP contribution >= 0.6 is 15.9 Å². The van der Waals surface area contributed by atoms with E-state index in [0.29, 0.717) is 39.4 Å². The van der Waals surface area contributed by atoms with Crippen LogP contribution in [0.4, 0.5) is 18.9 Å². The van der Waals surface area contributed by atoms with Gasteiger partial charge in [-0.3, -0.25) is 25.8 Å². The number of carbonyl (C=O) groups excluding carboxylic acids is 2. The molecule has 1 unspecified atom stereocenters. The number of aromatic nitrogens is 1. The van der Waals surface area contributed by atoms with E-state index in [0.717, 1.165) is 0 Å². The zero-order chi connectivity index (χ0) is 33.0. The molecule has 2 aromatic carbocycles. The molecule has 0 saturated carbocycles. The normalized spacial score (nSPS) is 11.4. The number of hydrazine groups is 1. The highest BCUT2D eigenvalue weighted by molar-refractivity contribution is 9.10. The Morgan fingerprint density at radius 3 is 2.23 bits per heavy atom. The number of nitrogens with zero attached hydrogens (tertiary/aromatic N) is 1. The number of hydrogen-bond donors (Lipinski definition) is 6. The molecule has 7 N–H and O–H groups in total. The number of nitrogens with two attached hydrogens (primary N) is 1. The molecule has 0 bridgehead atoms. The van der Waals surface area contributed by atoms with Crippen molar-refractivity contribution < 1.29 is 42.1 Å². The Hall–Kier alpha value is -4.86. The number of halogens is 4. The number of anilines is 1. The first kappa shape index (κ1) is 35.3. The molecule has 44 heavy (non-hydrogen) atoms. The van der Waals surface area contributed by atoms with Crippen molar-refractivity contribution in [1.82, 2.24) is 15.8 Å². The highest BCUT2D eigenvalue weighted by Crippen LogP contribution is 2.33. The third-order valence-electron chi connectivity index (χ3n) is 5.25. The van der Waals surface area contributed by atoms with Crippen molar-refractivity contribution >= 4 is 45.2 Å². The van der Waals surface area contributed by atoms with Crippen LogP contribution in [0.2, 0.25) is 0 Å². The lowest BCUT2D eigenvalue weighted by molar-refractivity contribution is -0.192. The molecule has 1 heterocycles. The van der Waals surface area contributed by atoms with Crippen LogP contribution in [0, 0.1) is 5.41 Å². The predicted molar refractivity (Wildman–Crippen MR) is 158 cm³/mol. The summed E-state index contributed by atoms with van der Waals surface area (Å²) in [6.07, 6.45) is -3.67. The van der Waals surface area contributed by atoms with Crippen LogP contribution in [0.3, 0.4) is 0 Å². The zero-order valence-electron chi connectivity index (χ0n) is 23.7. The number of carbonyl (C=O) groups is 3. The Kier molecular flexibility index (Phi) is 12.9. The molecule has 1 aromatic heterocycles. The first-order valence-corrected chi connectivity index (χ1v) is 13.6. The molecule has 0 spiro atoms. The first-order valence-electron chi connectivity index (χ1n) is 12.8. The smallest absolute Gasteiger partial charge is 0.490 e. The number of rotatable bonds is 10. The lowest BCUT2D eigenvalue weighted by Crippen LogP contribution is -2.45. The van der Waals surface area contributed by atoms with Crippen molar-refractivity contribution in [3.63, 3.8) is 0 Å². The third kappa shape index (κ3) is 10.8. The highest BCUT2D eigenvalue weighted by Gasteiger charge is 2.38. The Morgan fingerprint density at radius 2 is 1.70 bits per heavy atom. The number of aliphatic carboxylic acids is 1. The number of carboxylic acids is 1. The van der Waals surface area contributed by atoms with Gasteiger partial charge in [0.25, 0.3) is 11.8 Å². The van der Waals surface area contributed by atoms with Crippen LogP contribution in [-0.4, -0.2) is 52.6 Å². The van der Waals surface area contributed by atoms with Gasteiger partial charge in [-0.05, 0) is 90.8 Å². The van der Waals surface area contributed by atoms with Crippen LogP contribution in [0.5, 0.6) is 11.5 Å². The molecule has 1 atom stereocenters. The second-order valence-electron chi connectivity index (χ2n) is 8.95. The van der Waals surface area contributed by atoms with Gasteiger partial charge in [0.15, 0.2) is 11.5 Å². The summed E-state index contributed by atoms with van der Waals surface area (Å²) in [5, 5.41) is 17.9. The van der Waals surface area contributed by atoms with Gasteiger partial charge in [-0.2, -0.15) is 13.2 Å². The van der Waals surface area contributed by atoms with Gasteiger partial charge < -0.3 is 25.6 Å². The summed E-state index contributed by atoms with van der Waals surface area (Å²) in [6, 6.07) is 14.4. The molecule has 0 aliphatic heterocycles. The van der Waals surface area contributed by atoms with Crippen LogP contribution in [-0.2, 0) is 9.59 Å². The number of carboxylic acid groups (broad SMARTS) is 1. The van der Waals surface area contributed by atoms with Gasteiger partial charge in [0.2, 0.25) is 0 Å². The Morgan fingerprint density at radius 1 is 1.07 bits per heavy atom. The van der Waals surface area contributed by atoms with Gasteiger partial charge in [-0.15, -0.1) is 0 Å². The van der Waals surface area contributed by atoms with Crippen molar-refractivity contribution in [3.8, 4) is 11.5 Å². The SMILES string of the molecule is CCOc1cc(C(Nc2ccc(C(=N)N)cc2)C(=O)NNC(=O)c2ncccc2Br)ccc1OC(C)C.O=C(O)C(F)(F)F. The molecule has 0 radical (unpaired) electrons. The van der Waals surface area contributed by atoms with Gasteiger partial charge in [0, 0.05) is 21.9 Å². The van der Waals surface area contributed by atoms with E-state index in [1.165, 1.54) is 6.20 Å². The van der Waals surface area contributed by atoms with Crippen LogP contribution in [0.1, 0.15) is 48.4 Å². The average Bonchev–Trinajstić information content (AvgIpc) is 2.95. The number of nitrogen functional groups attached to an aromatic ring is 1. The summed E-state index contributed by atoms with van der Waals surface area (Å²) in [6.45, 7) is 6.09. The topological polar surface area (TPSA) is 189 Å². The van der Waals surface area contributed by atoms with Crippen molar-refractivity contribution in [1.29, 1.82) is 5.41 Å². The molecule has 12 nitrogen and oxygen atoms in total. The first-order chi connectivity index (χ1) is 20.6.